The highest BCUT2D eigenvalue weighted by Gasteiger charge is 2.27. The van der Waals surface area contributed by atoms with Crippen molar-refractivity contribution >= 4 is 17.7 Å². The van der Waals surface area contributed by atoms with Crippen LogP contribution in [0.15, 0.2) is 30.3 Å². The van der Waals surface area contributed by atoms with Crippen molar-refractivity contribution in [2.45, 2.75) is 45.6 Å². The summed E-state index contributed by atoms with van der Waals surface area (Å²) in [4.78, 5) is 38.2. The van der Waals surface area contributed by atoms with Crippen LogP contribution in [0.25, 0.3) is 0 Å². The van der Waals surface area contributed by atoms with Crippen LogP contribution in [-0.2, 0) is 14.4 Å². The van der Waals surface area contributed by atoms with Gasteiger partial charge in [-0.05, 0) is 37.8 Å². The van der Waals surface area contributed by atoms with Crippen LogP contribution in [0.2, 0.25) is 0 Å². The van der Waals surface area contributed by atoms with Crippen LogP contribution >= 0.6 is 0 Å². The van der Waals surface area contributed by atoms with E-state index in [1.54, 1.807) is 12.1 Å². The Morgan fingerprint density at radius 1 is 1.07 bits per heavy atom. The maximum Gasteiger partial charge on any atom is 0.258 e. The molecule has 0 aromatic heterocycles. The molecule has 154 valence electrons. The normalized spacial score (nSPS) is 14.6. The number of carbonyl (C=O) groups excluding carboxylic acids is 3. The zero-order valence-corrected chi connectivity index (χ0v) is 16.8. The third-order valence-corrected chi connectivity index (χ3v) is 5.07. The SMILES string of the molecule is CCC(CC)C(=O)N1CCC(NC(=O)CNC(=O)COc2ccccc2)CC1. The Morgan fingerprint density at radius 3 is 2.32 bits per heavy atom. The summed E-state index contributed by atoms with van der Waals surface area (Å²) in [6, 6.07) is 9.08. The number of carbonyl (C=O) groups is 3. The topological polar surface area (TPSA) is 87.7 Å². The van der Waals surface area contributed by atoms with Crippen molar-refractivity contribution in [2.75, 3.05) is 26.2 Å². The Kier molecular flexibility index (Phi) is 8.78. The lowest BCUT2D eigenvalue weighted by molar-refractivity contribution is -0.137. The Hall–Kier alpha value is -2.57. The number of hydrogen-bond donors (Lipinski definition) is 2. The van der Waals surface area contributed by atoms with Crippen LogP contribution in [0, 0.1) is 5.92 Å². The molecule has 1 fully saturated rings. The van der Waals surface area contributed by atoms with Gasteiger partial charge in [-0.1, -0.05) is 32.0 Å². The molecule has 0 aliphatic carbocycles. The molecule has 0 bridgehead atoms. The fraction of sp³-hybridized carbons (Fsp3) is 0.571. The number of likely N-dealkylation sites (tertiary alicyclic amines) is 1. The minimum absolute atomic E-state index is 0.0377. The first kappa shape index (κ1) is 21.7. The second-order valence-corrected chi connectivity index (χ2v) is 7.06. The van der Waals surface area contributed by atoms with E-state index in [1.807, 2.05) is 36.9 Å². The van der Waals surface area contributed by atoms with E-state index in [9.17, 15) is 14.4 Å². The molecule has 28 heavy (non-hydrogen) atoms. The number of piperidine rings is 1. The van der Waals surface area contributed by atoms with Gasteiger partial charge >= 0.3 is 0 Å². The van der Waals surface area contributed by atoms with Gasteiger partial charge in [0.2, 0.25) is 11.8 Å². The van der Waals surface area contributed by atoms with E-state index in [0.717, 1.165) is 25.7 Å². The molecule has 1 aromatic carbocycles. The molecule has 1 saturated heterocycles. The largest absolute Gasteiger partial charge is 0.484 e. The monoisotopic (exact) mass is 389 g/mol. The van der Waals surface area contributed by atoms with Gasteiger partial charge in [0.15, 0.2) is 6.61 Å². The van der Waals surface area contributed by atoms with E-state index >= 15 is 0 Å². The van der Waals surface area contributed by atoms with Gasteiger partial charge in [0.05, 0.1) is 6.54 Å². The van der Waals surface area contributed by atoms with Gasteiger partial charge in [-0.3, -0.25) is 14.4 Å². The third-order valence-electron chi connectivity index (χ3n) is 5.07. The van der Waals surface area contributed by atoms with E-state index in [0.29, 0.717) is 18.8 Å². The van der Waals surface area contributed by atoms with E-state index in [-0.39, 0.29) is 42.8 Å². The fourth-order valence-corrected chi connectivity index (χ4v) is 3.31. The molecule has 3 amide bonds. The van der Waals surface area contributed by atoms with E-state index in [1.165, 1.54) is 0 Å². The lowest BCUT2D eigenvalue weighted by Crippen LogP contribution is -2.49. The Labute approximate surface area is 166 Å². The Balaban J connectivity index is 1.63. The summed E-state index contributed by atoms with van der Waals surface area (Å²) in [5.74, 6) is 0.360. The first-order valence-electron chi connectivity index (χ1n) is 10.1. The molecule has 1 aliphatic heterocycles. The van der Waals surface area contributed by atoms with Crippen LogP contribution in [-0.4, -0.2) is 54.9 Å². The minimum Gasteiger partial charge on any atom is -0.484 e. The number of para-hydroxylation sites is 1. The summed E-state index contributed by atoms with van der Waals surface area (Å²) in [7, 11) is 0. The molecule has 0 radical (unpaired) electrons. The highest BCUT2D eigenvalue weighted by molar-refractivity contribution is 5.85. The van der Waals surface area contributed by atoms with Crippen LogP contribution in [0.3, 0.4) is 0 Å². The number of rotatable bonds is 9. The van der Waals surface area contributed by atoms with Crippen molar-refractivity contribution in [1.29, 1.82) is 0 Å². The molecule has 2 rings (SSSR count). The van der Waals surface area contributed by atoms with Crippen molar-refractivity contribution in [2.24, 2.45) is 5.92 Å². The second kappa shape index (κ2) is 11.3. The Morgan fingerprint density at radius 2 is 1.71 bits per heavy atom. The van der Waals surface area contributed by atoms with Gasteiger partial charge in [0.25, 0.3) is 5.91 Å². The van der Waals surface area contributed by atoms with Crippen molar-refractivity contribution in [3.8, 4) is 5.75 Å². The maximum atomic E-state index is 12.4. The van der Waals surface area contributed by atoms with E-state index in [2.05, 4.69) is 10.6 Å². The predicted octanol–water partition coefficient (Wildman–Crippen LogP) is 1.73. The first-order valence-corrected chi connectivity index (χ1v) is 10.1. The lowest BCUT2D eigenvalue weighted by Gasteiger charge is -2.34. The molecule has 1 aliphatic rings. The fourth-order valence-electron chi connectivity index (χ4n) is 3.31. The van der Waals surface area contributed by atoms with Crippen LogP contribution in [0.5, 0.6) is 5.75 Å². The summed E-state index contributed by atoms with van der Waals surface area (Å²) in [5, 5.41) is 5.49. The van der Waals surface area contributed by atoms with Crippen LogP contribution in [0.1, 0.15) is 39.5 Å². The van der Waals surface area contributed by atoms with Gasteiger partial charge in [-0.2, -0.15) is 0 Å². The second-order valence-electron chi connectivity index (χ2n) is 7.06. The number of nitrogens with zero attached hydrogens (tertiary/aromatic N) is 1. The third kappa shape index (κ3) is 6.87. The molecule has 7 nitrogen and oxygen atoms in total. The van der Waals surface area contributed by atoms with Gasteiger partial charge in [-0.15, -0.1) is 0 Å². The average molecular weight is 389 g/mol. The van der Waals surface area contributed by atoms with Gasteiger partial charge in [-0.25, -0.2) is 0 Å². The van der Waals surface area contributed by atoms with Crippen LogP contribution in [0.4, 0.5) is 0 Å². The summed E-state index contributed by atoms with van der Waals surface area (Å²) in [5.41, 5.74) is 0. The highest BCUT2D eigenvalue weighted by atomic mass is 16.5. The van der Waals surface area contributed by atoms with E-state index in [4.69, 9.17) is 4.74 Å². The number of amides is 3. The molecule has 0 atom stereocenters. The van der Waals surface area contributed by atoms with E-state index < -0.39 is 0 Å². The zero-order valence-electron chi connectivity index (χ0n) is 16.8. The summed E-state index contributed by atoms with van der Waals surface area (Å²) < 4.78 is 5.34. The smallest absolute Gasteiger partial charge is 0.258 e. The maximum absolute atomic E-state index is 12.4. The number of ether oxygens (including phenoxy) is 1. The molecular weight excluding hydrogens is 358 g/mol. The highest BCUT2D eigenvalue weighted by Crippen LogP contribution is 2.17. The zero-order chi connectivity index (χ0) is 20.4. The quantitative estimate of drug-likeness (QED) is 0.673. The molecule has 1 heterocycles. The van der Waals surface area contributed by atoms with Crippen molar-refractivity contribution in [3.05, 3.63) is 30.3 Å². The van der Waals surface area contributed by atoms with Gasteiger partial charge < -0.3 is 20.3 Å². The Bertz CT molecular complexity index is 638. The number of benzene rings is 1. The summed E-state index contributed by atoms with van der Waals surface area (Å²) >= 11 is 0. The lowest BCUT2D eigenvalue weighted by atomic mass is 9.98. The molecule has 1 aromatic rings. The number of nitrogens with one attached hydrogen (secondary N) is 2. The molecule has 2 N–H and O–H groups in total. The van der Waals surface area contributed by atoms with Crippen LogP contribution < -0.4 is 15.4 Å². The summed E-state index contributed by atoms with van der Waals surface area (Å²) in [6.45, 7) is 5.20. The van der Waals surface area contributed by atoms with Gasteiger partial charge in [0.1, 0.15) is 5.75 Å². The molecular formula is C21H31N3O4. The molecule has 0 unspecified atom stereocenters. The standard InChI is InChI=1S/C21H31N3O4/c1-3-16(4-2)21(27)24-12-10-17(11-13-24)23-19(25)14-22-20(26)15-28-18-8-6-5-7-9-18/h5-9,16-17H,3-4,10-15H2,1-2H3,(H,22,26)(H,23,25). The first-order chi connectivity index (χ1) is 13.5. The van der Waals surface area contributed by atoms with Crippen molar-refractivity contribution in [3.63, 3.8) is 0 Å². The average Bonchev–Trinajstić information content (AvgIpc) is 2.73. The molecule has 7 heteroatoms. The summed E-state index contributed by atoms with van der Waals surface area (Å²) in [6.07, 6.45) is 3.20. The van der Waals surface area contributed by atoms with Crippen molar-refractivity contribution in [1.82, 2.24) is 15.5 Å². The number of hydrogen-bond acceptors (Lipinski definition) is 4. The molecule has 0 spiro atoms. The minimum atomic E-state index is -0.343. The van der Waals surface area contributed by atoms with Crippen molar-refractivity contribution < 1.29 is 19.1 Å². The van der Waals surface area contributed by atoms with Gasteiger partial charge in [0, 0.05) is 25.0 Å². The predicted molar refractivity (Wildman–Crippen MR) is 107 cm³/mol. The molecule has 0 saturated carbocycles.